The van der Waals surface area contributed by atoms with E-state index in [-0.39, 0.29) is 21.3 Å². The highest BCUT2D eigenvalue weighted by Gasteiger charge is 2.11. The van der Waals surface area contributed by atoms with E-state index in [2.05, 4.69) is 22.7 Å². The Morgan fingerprint density at radius 2 is 2.18 bits per heavy atom. The van der Waals surface area contributed by atoms with Crippen LogP contribution in [0.1, 0.15) is 5.56 Å². The summed E-state index contributed by atoms with van der Waals surface area (Å²) in [5.74, 6) is -0.203. The van der Waals surface area contributed by atoms with Crippen molar-refractivity contribution in [2.24, 2.45) is 10.8 Å². The smallest absolute Gasteiger partial charge is 0.294 e. The standard InChI is InChI=1S/C8H9N3O4S2/c9-8(16)11-10-4-5-3-6(17(13,14)15)1-2-7(5)12/h1-4,12H,(H3,9,11,16)(H,13,14,15)/b10-4-. The third kappa shape index (κ3) is 3.98. The number of hydrazone groups is 1. The topological polar surface area (TPSA) is 125 Å². The van der Waals surface area contributed by atoms with Crippen LogP contribution in [-0.2, 0) is 10.1 Å². The molecule has 0 amide bonds. The number of nitrogens with zero attached hydrogens (tertiary/aromatic N) is 1. The molecule has 0 aliphatic heterocycles. The second kappa shape index (κ2) is 5.08. The van der Waals surface area contributed by atoms with Gasteiger partial charge >= 0.3 is 0 Å². The molecule has 1 aromatic carbocycles. The predicted octanol–water partition coefficient (Wildman–Crippen LogP) is -0.194. The van der Waals surface area contributed by atoms with E-state index in [0.717, 1.165) is 24.4 Å². The molecular weight excluding hydrogens is 266 g/mol. The van der Waals surface area contributed by atoms with Gasteiger partial charge in [0, 0.05) is 5.56 Å². The number of nitrogens with two attached hydrogens (primary N) is 1. The molecule has 0 fully saturated rings. The van der Waals surface area contributed by atoms with E-state index in [0.29, 0.717) is 0 Å². The summed E-state index contributed by atoms with van der Waals surface area (Å²) in [7, 11) is -4.33. The van der Waals surface area contributed by atoms with E-state index in [4.69, 9.17) is 10.3 Å². The highest BCUT2D eigenvalue weighted by Crippen LogP contribution is 2.19. The molecular formula is C8H9N3O4S2. The van der Waals surface area contributed by atoms with E-state index in [1.807, 2.05) is 0 Å². The molecule has 0 spiro atoms. The molecule has 1 aromatic rings. The minimum atomic E-state index is -4.33. The lowest BCUT2D eigenvalue weighted by molar-refractivity contribution is 0.472. The van der Waals surface area contributed by atoms with Gasteiger partial charge in [-0.2, -0.15) is 13.5 Å². The fourth-order valence-corrected chi connectivity index (χ4v) is 1.53. The van der Waals surface area contributed by atoms with Gasteiger partial charge in [-0.15, -0.1) is 0 Å². The number of phenols is 1. The normalized spacial score (nSPS) is 11.6. The zero-order valence-corrected chi connectivity index (χ0v) is 9.99. The predicted molar refractivity (Wildman–Crippen MR) is 65.4 cm³/mol. The molecule has 0 saturated heterocycles. The Morgan fingerprint density at radius 3 is 2.71 bits per heavy atom. The minimum absolute atomic E-state index is 0.0772. The van der Waals surface area contributed by atoms with Crippen LogP contribution in [0, 0.1) is 0 Å². The van der Waals surface area contributed by atoms with Gasteiger partial charge in [0.1, 0.15) is 5.75 Å². The maximum Gasteiger partial charge on any atom is 0.294 e. The van der Waals surface area contributed by atoms with Gasteiger partial charge in [-0.1, -0.05) is 0 Å². The number of hydrogen-bond donors (Lipinski definition) is 4. The molecule has 9 heteroatoms. The van der Waals surface area contributed by atoms with Crippen molar-refractivity contribution in [3.63, 3.8) is 0 Å². The Kier molecular flexibility index (Phi) is 3.99. The molecule has 0 aliphatic rings. The van der Waals surface area contributed by atoms with Gasteiger partial charge in [-0.25, -0.2) is 0 Å². The molecule has 1 rings (SSSR count). The van der Waals surface area contributed by atoms with Crippen molar-refractivity contribution in [3.8, 4) is 5.75 Å². The molecule has 0 unspecified atom stereocenters. The largest absolute Gasteiger partial charge is 0.507 e. The van der Waals surface area contributed by atoms with E-state index in [1.54, 1.807) is 0 Å². The Hall–Kier alpha value is -1.71. The van der Waals surface area contributed by atoms with Gasteiger partial charge in [0.15, 0.2) is 5.11 Å². The first-order valence-corrected chi connectivity index (χ1v) is 6.04. The molecule has 0 aromatic heterocycles. The third-order valence-electron chi connectivity index (χ3n) is 1.68. The average Bonchev–Trinajstić information content (AvgIpc) is 2.18. The van der Waals surface area contributed by atoms with Gasteiger partial charge in [0.05, 0.1) is 11.1 Å². The summed E-state index contributed by atoms with van der Waals surface area (Å²) in [4.78, 5) is -0.355. The van der Waals surface area contributed by atoms with Crippen LogP contribution in [0.25, 0.3) is 0 Å². The fraction of sp³-hybridized carbons (Fsp3) is 0. The van der Waals surface area contributed by atoms with Crippen LogP contribution in [0.2, 0.25) is 0 Å². The average molecular weight is 275 g/mol. The van der Waals surface area contributed by atoms with Crippen molar-refractivity contribution in [3.05, 3.63) is 23.8 Å². The summed E-state index contributed by atoms with van der Waals surface area (Å²) in [6.07, 6.45) is 1.11. The molecule has 0 heterocycles. The zero-order chi connectivity index (χ0) is 13.1. The Balaban J connectivity index is 3.07. The van der Waals surface area contributed by atoms with Gasteiger partial charge in [-0.05, 0) is 30.4 Å². The summed E-state index contributed by atoms with van der Waals surface area (Å²) < 4.78 is 30.5. The Morgan fingerprint density at radius 1 is 1.53 bits per heavy atom. The molecule has 17 heavy (non-hydrogen) atoms. The van der Waals surface area contributed by atoms with Crippen LogP contribution in [0.4, 0.5) is 0 Å². The molecule has 0 bridgehead atoms. The minimum Gasteiger partial charge on any atom is -0.507 e. The van der Waals surface area contributed by atoms with Crippen molar-refractivity contribution >= 4 is 33.7 Å². The van der Waals surface area contributed by atoms with E-state index < -0.39 is 10.1 Å². The maximum absolute atomic E-state index is 10.9. The number of rotatable bonds is 3. The highest BCUT2D eigenvalue weighted by molar-refractivity contribution is 7.85. The molecule has 0 aliphatic carbocycles. The quantitative estimate of drug-likeness (QED) is 0.261. The number of benzene rings is 1. The van der Waals surface area contributed by atoms with Crippen molar-refractivity contribution < 1.29 is 18.1 Å². The number of phenolic OH excluding ortho intramolecular Hbond substituents is 1. The summed E-state index contributed by atoms with van der Waals surface area (Å²) in [5, 5.41) is 12.9. The first-order chi connectivity index (χ1) is 7.80. The van der Waals surface area contributed by atoms with Crippen molar-refractivity contribution in [1.29, 1.82) is 0 Å². The maximum atomic E-state index is 10.9. The van der Waals surface area contributed by atoms with Crippen LogP contribution in [0.5, 0.6) is 5.75 Å². The first kappa shape index (κ1) is 13.4. The number of hydrogen-bond acceptors (Lipinski definition) is 5. The summed E-state index contributed by atoms with van der Waals surface area (Å²) >= 11 is 4.48. The third-order valence-corrected chi connectivity index (χ3v) is 2.62. The molecule has 0 saturated carbocycles. The van der Waals surface area contributed by atoms with E-state index in [9.17, 15) is 13.5 Å². The van der Waals surface area contributed by atoms with E-state index in [1.165, 1.54) is 0 Å². The first-order valence-electron chi connectivity index (χ1n) is 4.19. The number of nitrogens with one attached hydrogen (secondary N) is 1. The molecule has 7 nitrogen and oxygen atoms in total. The van der Waals surface area contributed by atoms with Crippen molar-refractivity contribution in [1.82, 2.24) is 5.43 Å². The lowest BCUT2D eigenvalue weighted by Gasteiger charge is -2.01. The zero-order valence-electron chi connectivity index (χ0n) is 8.36. The Labute approximate surface area is 103 Å². The summed E-state index contributed by atoms with van der Waals surface area (Å²) in [6.45, 7) is 0. The lowest BCUT2D eigenvalue weighted by Crippen LogP contribution is -2.24. The van der Waals surface area contributed by atoms with Crippen LogP contribution in [0.15, 0.2) is 28.2 Å². The monoisotopic (exact) mass is 275 g/mol. The van der Waals surface area contributed by atoms with Gasteiger partial charge in [0.2, 0.25) is 0 Å². The number of thiocarbonyl (C=S) groups is 1. The van der Waals surface area contributed by atoms with Gasteiger partial charge in [0.25, 0.3) is 10.1 Å². The summed E-state index contributed by atoms with van der Waals surface area (Å²) in [6, 6.07) is 3.23. The van der Waals surface area contributed by atoms with Crippen LogP contribution in [0.3, 0.4) is 0 Å². The highest BCUT2D eigenvalue weighted by atomic mass is 32.2. The Bertz CT molecular complexity index is 568. The molecule has 0 radical (unpaired) electrons. The second-order valence-corrected chi connectivity index (χ2v) is 4.79. The molecule has 0 atom stereocenters. The van der Waals surface area contributed by atoms with Gasteiger partial charge in [-0.3, -0.25) is 9.98 Å². The van der Waals surface area contributed by atoms with Gasteiger partial charge < -0.3 is 10.8 Å². The van der Waals surface area contributed by atoms with Crippen LogP contribution < -0.4 is 11.2 Å². The van der Waals surface area contributed by atoms with Crippen LogP contribution >= 0.6 is 12.2 Å². The second-order valence-electron chi connectivity index (χ2n) is 2.93. The van der Waals surface area contributed by atoms with Crippen molar-refractivity contribution in [2.75, 3.05) is 0 Å². The lowest BCUT2D eigenvalue weighted by atomic mass is 10.2. The number of aromatic hydroxyl groups is 1. The SMILES string of the molecule is NC(=S)N/N=C\c1cc(S(=O)(=O)O)ccc1O. The fourth-order valence-electron chi connectivity index (χ4n) is 0.962. The van der Waals surface area contributed by atoms with Crippen molar-refractivity contribution in [2.45, 2.75) is 4.90 Å². The summed E-state index contributed by atoms with van der Waals surface area (Å²) in [5.41, 5.74) is 7.42. The van der Waals surface area contributed by atoms with E-state index >= 15 is 0 Å². The molecule has 92 valence electrons. The van der Waals surface area contributed by atoms with Crippen LogP contribution in [-0.4, -0.2) is 29.4 Å². The molecule has 5 N–H and O–H groups in total.